The summed E-state index contributed by atoms with van der Waals surface area (Å²) in [5.41, 5.74) is 8.90. The number of aromatic nitrogens is 2. The van der Waals surface area contributed by atoms with Gasteiger partial charge in [-0.2, -0.15) is 6.07 Å². The number of hydrogen-bond acceptors (Lipinski definition) is 6. The number of fused-ring (bicyclic) bond motifs is 6. The second kappa shape index (κ2) is 19.7. The van der Waals surface area contributed by atoms with Crippen molar-refractivity contribution in [2.24, 2.45) is 0 Å². The quantitative estimate of drug-likeness (QED) is 0.141. The summed E-state index contributed by atoms with van der Waals surface area (Å²) in [4.78, 5) is 17.5. The fourth-order valence-corrected chi connectivity index (χ4v) is 9.84. The van der Waals surface area contributed by atoms with E-state index in [1.165, 1.54) is 12.1 Å². The van der Waals surface area contributed by atoms with E-state index in [9.17, 15) is 5.48 Å². The summed E-state index contributed by atoms with van der Waals surface area (Å²) >= 11 is 0. The Morgan fingerprint density at radius 1 is 0.547 bits per heavy atom. The molecule has 0 saturated carbocycles. The zero-order chi connectivity index (χ0) is 61.9. The molecule has 0 N–H and O–H groups in total. The fraction of sp³-hybridized carbons (Fsp3) is 0.132. The van der Waals surface area contributed by atoms with Crippen LogP contribution in [-0.4, -0.2) is 9.97 Å². The van der Waals surface area contributed by atoms with Crippen molar-refractivity contribution in [3.05, 3.63) is 248 Å². The van der Waals surface area contributed by atoms with Crippen LogP contribution in [0.5, 0.6) is 0 Å². The van der Waals surface area contributed by atoms with Crippen LogP contribution in [0.15, 0.2) is 212 Å². The van der Waals surface area contributed by atoms with Crippen LogP contribution in [0.3, 0.4) is 0 Å². The van der Waals surface area contributed by atoms with Crippen LogP contribution in [0.2, 0.25) is 0 Å². The van der Waals surface area contributed by atoms with Gasteiger partial charge in [0.05, 0.1) is 19.4 Å². The third-order valence-corrected chi connectivity index (χ3v) is 13.5. The van der Waals surface area contributed by atoms with Crippen LogP contribution >= 0.6 is 0 Å². The summed E-state index contributed by atoms with van der Waals surface area (Å²) in [6.45, 7) is 11.6. The average Bonchev–Trinajstić information content (AvgIpc) is 1.24. The Balaban J connectivity index is 0.00000800. The van der Waals surface area contributed by atoms with E-state index in [4.69, 9.17) is 17.3 Å². The smallest absolute Gasteiger partial charge is 0.135 e. The SMILES string of the molecule is [2H]c1c([2H])c([2H])c(-c2cc(C([2H])([2H])[2H])cc(-c3c([2H])c([2H])c([2H])c([2H])c3[2H])c2N2[CH-]N(c3[c-]c(N(c4[c-]c5c(cc4)-c4ccccc4-c4cnccc4N5c4cc(C(C)(C)C)ccn4)c4ccccc4)cc(C(C)(C)C)c3)c3ccccc32)c([2H])c1[2H].[Pt]. The standard InChI is InChI=1S/C68H57N6.Pt/c1-46-37-58(47-21-11-8-12-22-47)66(59(38-46)48-23-13-9-14-24-48)72-45-71(62-29-19-20-30-63(62)72)53-39-50(68(5,6)7)40-54(42-53)73(51-25-15-10-16-26-51)52-31-32-57-55-27-17-18-28-56(55)60-44-69-35-34-61(60)74(64(57)43-52)65-41-49(33-36-70-65)67(2,3)4;/h8-41,44-45H,1-7H3;/q-3;/i1D3,8D,9D,11D,12D,13D,14D,21D,22D,23D,24D;. The Labute approximate surface area is 475 Å². The molecule has 7 heteroatoms. The van der Waals surface area contributed by atoms with E-state index < -0.39 is 72.7 Å². The molecule has 0 saturated heterocycles. The van der Waals surface area contributed by atoms with Gasteiger partial charge < -0.3 is 19.6 Å². The number of rotatable bonds is 8. The topological polar surface area (TPSA) is 38.7 Å². The molecule has 0 fully saturated rings. The van der Waals surface area contributed by atoms with Crippen molar-refractivity contribution in [3.63, 3.8) is 0 Å². The first-order chi connectivity index (χ1) is 41.2. The Hall–Kier alpha value is -8.05. The number of aryl methyl sites for hydroxylation is 1. The van der Waals surface area contributed by atoms with Gasteiger partial charge in [-0.05, 0) is 100 Å². The van der Waals surface area contributed by atoms with Gasteiger partial charge in [0.25, 0.3) is 0 Å². The van der Waals surface area contributed by atoms with Crippen molar-refractivity contribution < 1.29 is 38.9 Å². The molecule has 2 aromatic heterocycles. The fourth-order valence-electron chi connectivity index (χ4n) is 9.84. The van der Waals surface area contributed by atoms with Crippen molar-refractivity contribution in [2.45, 2.75) is 59.2 Å². The predicted molar refractivity (Wildman–Crippen MR) is 308 cm³/mol. The van der Waals surface area contributed by atoms with Crippen LogP contribution in [0.4, 0.5) is 57.0 Å². The molecule has 4 heterocycles. The Morgan fingerprint density at radius 2 is 1.17 bits per heavy atom. The van der Waals surface area contributed by atoms with E-state index in [1.807, 2.05) is 96.2 Å². The molecule has 0 bridgehead atoms. The molecule has 0 aliphatic carbocycles. The van der Waals surface area contributed by atoms with Gasteiger partial charge in [0.2, 0.25) is 0 Å². The summed E-state index contributed by atoms with van der Waals surface area (Å²) in [5, 5.41) is 0. The molecular weight excluding hydrogens is 1100 g/mol. The zero-order valence-corrected chi connectivity index (χ0v) is 44.3. The maximum absolute atomic E-state index is 9.31. The number of para-hydroxylation sites is 3. The van der Waals surface area contributed by atoms with Gasteiger partial charge in [-0.1, -0.05) is 179 Å². The van der Waals surface area contributed by atoms with Gasteiger partial charge in [0.1, 0.15) is 5.82 Å². The maximum atomic E-state index is 9.31. The van der Waals surface area contributed by atoms with Gasteiger partial charge in [0, 0.05) is 83.2 Å². The van der Waals surface area contributed by atoms with Crippen molar-refractivity contribution in [2.75, 3.05) is 19.6 Å². The first-order valence-electron chi connectivity index (χ1n) is 30.9. The van der Waals surface area contributed by atoms with Crippen molar-refractivity contribution in [3.8, 4) is 44.5 Å². The molecule has 372 valence electrons. The van der Waals surface area contributed by atoms with Crippen LogP contribution in [-0.2, 0) is 31.9 Å². The monoisotopic (exact) mass is 1170 g/mol. The molecule has 0 radical (unpaired) electrons. The van der Waals surface area contributed by atoms with Crippen LogP contribution in [0, 0.1) is 25.7 Å². The van der Waals surface area contributed by atoms with E-state index in [2.05, 4.69) is 98.8 Å². The van der Waals surface area contributed by atoms with Crippen molar-refractivity contribution in [1.29, 1.82) is 0 Å². The van der Waals surface area contributed by atoms with E-state index in [0.29, 0.717) is 34.3 Å². The molecule has 0 spiro atoms. The second-order valence-electron chi connectivity index (χ2n) is 20.4. The molecule has 10 aromatic rings. The molecule has 12 rings (SSSR count). The van der Waals surface area contributed by atoms with Crippen LogP contribution in [0.1, 0.15) is 76.1 Å². The minimum Gasteiger partial charge on any atom is -0.493 e. The van der Waals surface area contributed by atoms with E-state index in [1.54, 1.807) is 29.9 Å². The summed E-state index contributed by atoms with van der Waals surface area (Å²) in [5.74, 6) is 0.692. The second-order valence-corrected chi connectivity index (χ2v) is 20.4. The maximum Gasteiger partial charge on any atom is 0.135 e. The van der Waals surface area contributed by atoms with Gasteiger partial charge in [-0.15, -0.1) is 53.8 Å². The van der Waals surface area contributed by atoms with E-state index >= 15 is 0 Å². The predicted octanol–water partition coefficient (Wildman–Crippen LogP) is 18.3. The van der Waals surface area contributed by atoms with Gasteiger partial charge >= 0.3 is 0 Å². The van der Waals surface area contributed by atoms with Gasteiger partial charge in [-0.3, -0.25) is 4.98 Å². The molecule has 2 aliphatic heterocycles. The Morgan fingerprint density at radius 3 is 1.83 bits per heavy atom. The van der Waals surface area contributed by atoms with E-state index in [-0.39, 0.29) is 60.0 Å². The first kappa shape index (κ1) is 36.0. The molecule has 2 aliphatic rings. The Bertz CT molecular complexity index is 4300. The molecular formula is C68H57N6Pt-3. The van der Waals surface area contributed by atoms with Crippen LogP contribution in [0.25, 0.3) is 44.5 Å². The Kier molecular flexibility index (Phi) is 9.43. The molecule has 0 amide bonds. The first-order valence-corrected chi connectivity index (χ1v) is 24.4. The number of nitrogens with zero attached hydrogens (tertiary/aromatic N) is 6. The van der Waals surface area contributed by atoms with Gasteiger partial charge in [-0.25, -0.2) is 4.98 Å². The van der Waals surface area contributed by atoms with Crippen LogP contribution < -0.4 is 19.6 Å². The minimum atomic E-state index is -2.90. The summed E-state index contributed by atoms with van der Waals surface area (Å²) in [7, 11) is 0. The van der Waals surface area contributed by atoms with Crippen molar-refractivity contribution >= 4 is 57.0 Å². The minimum absolute atomic E-state index is 0. The summed E-state index contributed by atoms with van der Waals surface area (Å²) < 4.78 is 116. The molecule has 0 unspecified atom stereocenters. The van der Waals surface area contributed by atoms with E-state index in [0.717, 1.165) is 50.4 Å². The number of anilines is 10. The molecule has 6 nitrogen and oxygen atoms in total. The number of benzene rings is 8. The summed E-state index contributed by atoms with van der Waals surface area (Å²) in [6.07, 6.45) is 5.52. The zero-order valence-electron chi connectivity index (χ0n) is 55.0. The third-order valence-electron chi connectivity index (χ3n) is 13.5. The summed E-state index contributed by atoms with van der Waals surface area (Å²) in [6, 6.07) is 43.5. The van der Waals surface area contributed by atoms with Crippen molar-refractivity contribution in [1.82, 2.24) is 9.97 Å². The third kappa shape index (κ3) is 9.12. The molecule has 75 heavy (non-hydrogen) atoms. The average molecular weight is 1170 g/mol. The largest absolute Gasteiger partial charge is 0.493 e. The molecule has 8 aromatic carbocycles. The number of hydrogen-bond donors (Lipinski definition) is 0. The number of pyridine rings is 2. The normalized spacial score (nSPS) is 15.4. The molecule has 0 atom stereocenters. The van der Waals surface area contributed by atoms with Gasteiger partial charge in [0.15, 0.2) is 0 Å².